The van der Waals surface area contributed by atoms with Crippen molar-refractivity contribution in [1.82, 2.24) is 4.98 Å². The van der Waals surface area contributed by atoms with Crippen LogP contribution in [0.25, 0.3) is 10.9 Å². The standard InChI is InChI=1S/C15H17NO3/c1-18-9-6-7-10-11-4-3-5-12(15(17)19-2)14(11)16-13(10)8-9/h6-8,12,16H,3-5H2,1-2H3. The molecular formula is C15H17NO3. The van der Waals surface area contributed by atoms with Gasteiger partial charge in [-0.25, -0.2) is 0 Å². The van der Waals surface area contributed by atoms with E-state index in [1.807, 2.05) is 12.1 Å². The molecule has 0 amide bonds. The fourth-order valence-corrected chi connectivity index (χ4v) is 2.95. The van der Waals surface area contributed by atoms with E-state index in [1.165, 1.54) is 18.1 Å². The van der Waals surface area contributed by atoms with E-state index >= 15 is 0 Å². The number of aryl methyl sites for hydroxylation is 1. The molecule has 19 heavy (non-hydrogen) atoms. The molecule has 1 aliphatic rings. The number of ether oxygens (including phenoxy) is 2. The van der Waals surface area contributed by atoms with Crippen molar-refractivity contribution in [2.75, 3.05) is 14.2 Å². The van der Waals surface area contributed by atoms with Crippen molar-refractivity contribution in [2.45, 2.75) is 25.2 Å². The zero-order chi connectivity index (χ0) is 13.4. The summed E-state index contributed by atoms with van der Waals surface area (Å²) in [6.07, 6.45) is 2.88. The fraction of sp³-hybridized carbons (Fsp3) is 0.400. The number of carbonyl (C=O) groups is 1. The summed E-state index contributed by atoms with van der Waals surface area (Å²) in [7, 11) is 3.10. The van der Waals surface area contributed by atoms with Crippen molar-refractivity contribution in [2.24, 2.45) is 0 Å². The number of hydrogen-bond acceptors (Lipinski definition) is 3. The molecule has 1 N–H and O–H groups in total. The average molecular weight is 259 g/mol. The fourth-order valence-electron chi connectivity index (χ4n) is 2.95. The summed E-state index contributed by atoms with van der Waals surface area (Å²) >= 11 is 0. The second-order valence-electron chi connectivity index (χ2n) is 4.90. The molecule has 0 saturated heterocycles. The molecule has 0 spiro atoms. The first-order valence-corrected chi connectivity index (χ1v) is 6.51. The van der Waals surface area contributed by atoms with Gasteiger partial charge in [0.25, 0.3) is 0 Å². The SMILES string of the molecule is COC(=O)C1CCCc2c1[nH]c1cc(OC)ccc21. The Morgan fingerprint density at radius 1 is 1.37 bits per heavy atom. The lowest BCUT2D eigenvalue weighted by atomic mass is 9.87. The van der Waals surface area contributed by atoms with Crippen LogP contribution in [0, 0.1) is 0 Å². The van der Waals surface area contributed by atoms with Crippen molar-refractivity contribution < 1.29 is 14.3 Å². The van der Waals surface area contributed by atoms with Gasteiger partial charge in [-0.3, -0.25) is 4.79 Å². The molecule has 0 aliphatic heterocycles. The highest BCUT2D eigenvalue weighted by Crippen LogP contribution is 2.37. The van der Waals surface area contributed by atoms with Gasteiger partial charge in [0.1, 0.15) is 5.75 Å². The third-order valence-corrected chi connectivity index (χ3v) is 3.90. The summed E-state index contributed by atoms with van der Waals surface area (Å²) in [5, 5.41) is 1.18. The molecule has 0 bridgehead atoms. The van der Waals surface area contributed by atoms with Crippen LogP contribution in [0.3, 0.4) is 0 Å². The van der Waals surface area contributed by atoms with E-state index in [0.29, 0.717) is 0 Å². The smallest absolute Gasteiger partial charge is 0.314 e. The van der Waals surface area contributed by atoms with Crippen LogP contribution in [0.2, 0.25) is 0 Å². The second-order valence-corrected chi connectivity index (χ2v) is 4.90. The molecule has 4 nitrogen and oxygen atoms in total. The number of nitrogens with one attached hydrogen (secondary N) is 1. The zero-order valence-electron chi connectivity index (χ0n) is 11.2. The number of benzene rings is 1. The molecule has 1 unspecified atom stereocenters. The Morgan fingerprint density at radius 3 is 2.95 bits per heavy atom. The van der Waals surface area contributed by atoms with Crippen molar-refractivity contribution in [3.63, 3.8) is 0 Å². The molecular weight excluding hydrogens is 242 g/mol. The van der Waals surface area contributed by atoms with E-state index in [1.54, 1.807) is 7.11 Å². The first kappa shape index (κ1) is 12.1. The van der Waals surface area contributed by atoms with E-state index in [4.69, 9.17) is 9.47 Å². The van der Waals surface area contributed by atoms with Gasteiger partial charge in [-0.05, 0) is 37.0 Å². The first-order valence-electron chi connectivity index (χ1n) is 6.51. The third kappa shape index (κ3) is 1.87. The highest BCUT2D eigenvalue weighted by molar-refractivity contribution is 5.89. The molecule has 0 radical (unpaired) electrons. The summed E-state index contributed by atoms with van der Waals surface area (Å²) in [5.41, 5.74) is 3.29. The van der Waals surface area contributed by atoms with Crippen LogP contribution in [-0.2, 0) is 16.0 Å². The van der Waals surface area contributed by atoms with Crippen molar-refractivity contribution in [3.8, 4) is 5.75 Å². The Morgan fingerprint density at radius 2 is 2.21 bits per heavy atom. The van der Waals surface area contributed by atoms with Crippen molar-refractivity contribution in [1.29, 1.82) is 0 Å². The average Bonchev–Trinajstić information content (AvgIpc) is 2.83. The second kappa shape index (κ2) is 4.61. The highest BCUT2D eigenvalue weighted by Gasteiger charge is 2.30. The summed E-state index contributed by atoms with van der Waals surface area (Å²) in [6.45, 7) is 0. The molecule has 1 heterocycles. The minimum absolute atomic E-state index is 0.153. The zero-order valence-corrected chi connectivity index (χ0v) is 11.2. The maximum absolute atomic E-state index is 11.9. The van der Waals surface area contributed by atoms with Crippen molar-refractivity contribution in [3.05, 3.63) is 29.5 Å². The number of methoxy groups -OCH3 is 2. The molecule has 1 aliphatic carbocycles. The van der Waals surface area contributed by atoms with E-state index < -0.39 is 0 Å². The Labute approximate surface area is 111 Å². The van der Waals surface area contributed by atoms with Crippen molar-refractivity contribution >= 4 is 16.9 Å². The lowest BCUT2D eigenvalue weighted by molar-refractivity contribution is -0.142. The Bertz CT molecular complexity index is 630. The monoisotopic (exact) mass is 259 g/mol. The van der Waals surface area contributed by atoms with Crippen LogP contribution >= 0.6 is 0 Å². The van der Waals surface area contributed by atoms with Crippen LogP contribution in [0.5, 0.6) is 5.75 Å². The van der Waals surface area contributed by atoms with Crippen LogP contribution in [-0.4, -0.2) is 25.2 Å². The van der Waals surface area contributed by atoms with Gasteiger partial charge < -0.3 is 14.5 Å². The summed E-state index contributed by atoms with van der Waals surface area (Å²) in [6, 6.07) is 5.99. The maximum atomic E-state index is 11.9. The quantitative estimate of drug-likeness (QED) is 0.844. The maximum Gasteiger partial charge on any atom is 0.314 e. The normalized spacial score (nSPS) is 18.1. The number of aromatic nitrogens is 1. The topological polar surface area (TPSA) is 51.3 Å². The Kier molecular flexibility index (Phi) is 2.93. The van der Waals surface area contributed by atoms with E-state index in [0.717, 1.165) is 36.2 Å². The number of carbonyl (C=O) groups excluding carboxylic acids is 1. The molecule has 1 aromatic heterocycles. The van der Waals surface area contributed by atoms with Gasteiger partial charge in [0.15, 0.2) is 0 Å². The lowest BCUT2D eigenvalue weighted by Crippen LogP contribution is -2.19. The van der Waals surface area contributed by atoms with Gasteiger partial charge in [0.05, 0.1) is 20.1 Å². The molecule has 4 heteroatoms. The highest BCUT2D eigenvalue weighted by atomic mass is 16.5. The molecule has 1 aromatic carbocycles. The number of hydrogen-bond donors (Lipinski definition) is 1. The largest absolute Gasteiger partial charge is 0.497 e. The third-order valence-electron chi connectivity index (χ3n) is 3.90. The van der Waals surface area contributed by atoms with Gasteiger partial charge >= 0.3 is 5.97 Å². The predicted octanol–water partition coefficient (Wildman–Crippen LogP) is 2.77. The molecule has 2 aromatic rings. The van der Waals surface area contributed by atoms with E-state index in [9.17, 15) is 4.79 Å². The molecule has 0 saturated carbocycles. The summed E-state index contributed by atoms with van der Waals surface area (Å²) in [5.74, 6) is 0.507. The van der Waals surface area contributed by atoms with E-state index in [-0.39, 0.29) is 11.9 Å². The number of esters is 1. The number of fused-ring (bicyclic) bond motifs is 3. The number of H-pyrrole nitrogens is 1. The minimum Gasteiger partial charge on any atom is -0.497 e. The number of aromatic amines is 1. The molecule has 1 atom stereocenters. The van der Waals surface area contributed by atoms with Crippen LogP contribution in [0.1, 0.15) is 30.0 Å². The minimum atomic E-state index is -0.160. The van der Waals surface area contributed by atoms with Gasteiger partial charge in [-0.15, -0.1) is 0 Å². The van der Waals surface area contributed by atoms with Gasteiger partial charge in [-0.1, -0.05) is 0 Å². The molecule has 3 rings (SSSR count). The molecule has 100 valence electrons. The van der Waals surface area contributed by atoms with Crippen LogP contribution in [0.15, 0.2) is 18.2 Å². The Balaban J connectivity index is 2.14. The van der Waals surface area contributed by atoms with Crippen LogP contribution in [0.4, 0.5) is 0 Å². The Hall–Kier alpha value is -1.97. The van der Waals surface area contributed by atoms with E-state index in [2.05, 4.69) is 11.1 Å². The predicted molar refractivity (Wildman–Crippen MR) is 72.5 cm³/mol. The lowest BCUT2D eigenvalue weighted by Gasteiger charge is -2.20. The van der Waals surface area contributed by atoms with Gasteiger partial charge in [-0.2, -0.15) is 0 Å². The van der Waals surface area contributed by atoms with Gasteiger partial charge in [0.2, 0.25) is 0 Å². The summed E-state index contributed by atoms with van der Waals surface area (Å²) in [4.78, 5) is 15.2. The first-order chi connectivity index (χ1) is 9.24. The van der Waals surface area contributed by atoms with Crippen LogP contribution < -0.4 is 4.74 Å². The summed E-state index contributed by atoms with van der Waals surface area (Å²) < 4.78 is 10.1. The van der Waals surface area contributed by atoms with Gasteiger partial charge in [0, 0.05) is 22.7 Å². The number of rotatable bonds is 2. The molecule has 0 fully saturated rings.